The van der Waals surface area contributed by atoms with Crippen molar-refractivity contribution in [1.29, 1.82) is 0 Å². The number of ether oxygens (including phenoxy) is 1. The number of aliphatic hydroxyl groups is 2. The molecule has 414 valence electrons. The smallest absolute Gasteiger partial charge is 0.306 e. The molecule has 0 aromatic heterocycles. The normalized spacial score (nSPS) is 26.8. The van der Waals surface area contributed by atoms with Crippen molar-refractivity contribution in [2.75, 3.05) is 19.6 Å². The molecule has 4 aliphatic rings. The topological polar surface area (TPSA) is 70.0 Å². The van der Waals surface area contributed by atoms with Crippen LogP contribution in [-0.4, -0.2) is 59.0 Å². The van der Waals surface area contributed by atoms with Crippen LogP contribution in [0.15, 0.2) is 60.3 Å². The quantitative estimate of drug-likeness (QED) is 0.0364. The summed E-state index contributed by atoms with van der Waals surface area (Å²) in [7, 11) is 0. The number of carbonyl (C=O) groups excluding carboxylic acids is 1. The maximum absolute atomic E-state index is 13.5. The van der Waals surface area contributed by atoms with E-state index < -0.39 is 12.2 Å². The summed E-state index contributed by atoms with van der Waals surface area (Å²) in [6.07, 6.45) is 60.7. The van der Waals surface area contributed by atoms with Crippen LogP contribution >= 0.6 is 0 Å². The first-order valence-corrected chi connectivity index (χ1v) is 31.5. The molecule has 8 unspecified atom stereocenters. The second-order valence-electron chi connectivity index (χ2n) is 25.1. The van der Waals surface area contributed by atoms with Gasteiger partial charge < -0.3 is 14.9 Å². The van der Waals surface area contributed by atoms with Crippen molar-refractivity contribution >= 4 is 5.97 Å². The van der Waals surface area contributed by atoms with Gasteiger partial charge in [-0.1, -0.05) is 192 Å². The predicted molar refractivity (Wildman–Crippen MR) is 310 cm³/mol. The maximum atomic E-state index is 13.5. The summed E-state index contributed by atoms with van der Waals surface area (Å²) >= 11 is 0. The van der Waals surface area contributed by atoms with Crippen molar-refractivity contribution in [2.24, 2.45) is 46.3 Å². The first-order chi connectivity index (χ1) is 34.9. The molecule has 10 atom stereocenters. The Kier molecular flexibility index (Phi) is 31.4. The largest absolute Gasteiger partial charge is 0.462 e. The van der Waals surface area contributed by atoms with Crippen LogP contribution in [-0.2, 0) is 9.53 Å². The van der Waals surface area contributed by atoms with Gasteiger partial charge in [0, 0.05) is 25.9 Å². The minimum atomic E-state index is -0.422. The van der Waals surface area contributed by atoms with E-state index in [1.165, 1.54) is 128 Å². The van der Waals surface area contributed by atoms with Crippen LogP contribution < -0.4 is 0 Å². The molecule has 4 rings (SSSR count). The molecule has 0 saturated heterocycles. The Morgan fingerprint density at radius 1 is 0.639 bits per heavy atom. The van der Waals surface area contributed by atoms with E-state index >= 15 is 0 Å². The highest BCUT2D eigenvalue weighted by atomic mass is 16.5. The molecule has 0 heterocycles. The number of fused-ring (bicyclic) bond motifs is 5. The molecule has 0 radical (unpaired) electrons. The van der Waals surface area contributed by atoms with Crippen molar-refractivity contribution in [3.8, 4) is 0 Å². The molecule has 4 aliphatic carbocycles. The Morgan fingerprint density at radius 3 is 1.75 bits per heavy atom. The summed E-state index contributed by atoms with van der Waals surface area (Å²) in [6, 6.07) is 0. The fourth-order valence-corrected chi connectivity index (χ4v) is 14.5. The van der Waals surface area contributed by atoms with E-state index in [1.807, 2.05) is 0 Å². The lowest BCUT2D eigenvalue weighted by Gasteiger charge is -2.58. The third-order valence-electron chi connectivity index (χ3n) is 18.8. The van der Waals surface area contributed by atoms with Gasteiger partial charge in [0.1, 0.15) is 6.10 Å². The molecule has 0 amide bonds. The van der Waals surface area contributed by atoms with Crippen molar-refractivity contribution in [3.05, 3.63) is 60.3 Å². The van der Waals surface area contributed by atoms with E-state index in [-0.39, 0.29) is 17.5 Å². The zero-order chi connectivity index (χ0) is 51.9. The maximum Gasteiger partial charge on any atom is 0.306 e. The second-order valence-corrected chi connectivity index (χ2v) is 25.1. The van der Waals surface area contributed by atoms with Gasteiger partial charge in [-0.05, 0) is 181 Å². The molecule has 0 spiro atoms. The highest BCUT2D eigenvalue weighted by Crippen LogP contribution is 2.67. The van der Waals surface area contributed by atoms with Crippen molar-refractivity contribution in [1.82, 2.24) is 4.90 Å². The molecule has 72 heavy (non-hydrogen) atoms. The van der Waals surface area contributed by atoms with E-state index in [9.17, 15) is 15.0 Å². The van der Waals surface area contributed by atoms with Crippen LogP contribution in [0.3, 0.4) is 0 Å². The summed E-state index contributed by atoms with van der Waals surface area (Å²) in [5.74, 6) is 4.91. The van der Waals surface area contributed by atoms with E-state index in [1.54, 1.807) is 5.57 Å². The van der Waals surface area contributed by atoms with Gasteiger partial charge in [-0.3, -0.25) is 9.69 Å². The third-order valence-corrected chi connectivity index (χ3v) is 18.8. The molecule has 0 aliphatic heterocycles. The van der Waals surface area contributed by atoms with Gasteiger partial charge in [0.05, 0.1) is 12.2 Å². The van der Waals surface area contributed by atoms with E-state index in [4.69, 9.17) is 4.74 Å². The third kappa shape index (κ3) is 22.7. The van der Waals surface area contributed by atoms with Gasteiger partial charge in [0.25, 0.3) is 0 Å². The van der Waals surface area contributed by atoms with Crippen LogP contribution in [0, 0.1) is 46.3 Å². The lowest BCUT2D eigenvalue weighted by Crippen LogP contribution is -2.51. The molecular formula is C67H117NO4. The number of hydrogen-bond acceptors (Lipinski definition) is 5. The summed E-state index contributed by atoms with van der Waals surface area (Å²) in [4.78, 5) is 15.7. The average Bonchev–Trinajstić information content (AvgIpc) is 3.71. The average molecular weight is 1000 g/mol. The van der Waals surface area contributed by atoms with Gasteiger partial charge >= 0.3 is 5.97 Å². The Hall–Kier alpha value is -1.95. The number of rotatable bonds is 40. The zero-order valence-electron chi connectivity index (χ0n) is 48.4. The van der Waals surface area contributed by atoms with Crippen molar-refractivity contribution in [2.45, 2.75) is 292 Å². The minimum absolute atomic E-state index is 0.0129. The molecule has 5 heteroatoms. The first-order valence-electron chi connectivity index (χ1n) is 31.5. The standard InChI is InChI=1S/C67H117NO4/c1-8-10-12-14-16-18-20-22-24-26-28-30-32-34-40-58(69)53-68(54-59(70)41-35-33-31-29-27-25-23-21-19-17-15-13-11-9-2)51-37-42-65(71)72-60-47-49-66(6)57(52-60)43-44-61-63-46-45-62(56(5)39-36-38-55(3)4)67(63,7)50-48-64(61)66/h16-19,22-25,43,55-56,58-64,69-70H,8-15,20-21,26-42,44-54H2,1-7H3/b18-16-,19-17-,24-22+,25-23+/t56?,58-,59+,60?,61?,62?,63?,64?,66?,67?. The van der Waals surface area contributed by atoms with Gasteiger partial charge in [-0.2, -0.15) is 0 Å². The van der Waals surface area contributed by atoms with Gasteiger partial charge in [-0.15, -0.1) is 0 Å². The predicted octanol–water partition coefficient (Wildman–Crippen LogP) is 18.6. The highest BCUT2D eigenvalue weighted by Gasteiger charge is 2.59. The number of hydrogen-bond donors (Lipinski definition) is 2. The highest BCUT2D eigenvalue weighted by molar-refractivity contribution is 5.69. The van der Waals surface area contributed by atoms with Crippen LogP contribution in [0.1, 0.15) is 273 Å². The zero-order valence-corrected chi connectivity index (χ0v) is 48.4. The number of nitrogens with zero attached hydrogens (tertiary/aromatic N) is 1. The van der Waals surface area contributed by atoms with Crippen molar-refractivity contribution < 1.29 is 19.7 Å². The lowest BCUT2D eigenvalue weighted by molar-refractivity contribution is -0.151. The summed E-state index contributed by atoms with van der Waals surface area (Å²) < 4.78 is 6.29. The summed E-state index contributed by atoms with van der Waals surface area (Å²) in [5, 5.41) is 22.5. The Balaban J connectivity index is 1.19. The molecule has 3 saturated carbocycles. The van der Waals surface area contributed by atoms with Crippen LogP contribution in [0.4, 0.5) is 0 Å². The summed E-state index contributed by atoms with van der Waals surface area (Å²) in [5.41, 5.74) is 2.34. The fraction of sp³-hybridized carbons (Fsp3) is 0.836. The number of unbranched alkanes of at least 4 members (excludes halogenated alkanes) is 14. The van der Waals surface area contributed by atoms with E-state index in [0.717, 1.165) is 119 Å². The molecular weight excluding hydrogens is 883 g/mol. The Morgan fingerprint density at radius 2 is 1.19 bits per heavy atom. The number of carbonyl (C=O) groups is 1. The molecule has 0 aromatic carbocycles. The van der Waals surface area contributed by atoms with Gasteiger partial charge in [0.2, 0.25) is 0 Å². The van der Waals surface area contributed by atoms with Crippen molar-refractivity contribution in [3.63, 3.8) is 0 Å². The molecule has 0 bridgehead atoms. The molecule has 2 N–H and O–H groups in total. The molecule has 0 aromatic rings. The number of allylic oxidation sites excluding steroid dienone is 9. The monoisotopic (exact) mass is 1000 g/mol. The second kappa shape index (κ2) is 36.1. The van der Waals surface area contributed by atoms with Gasteiger partial charge in [0.15, 0.2) is 0 Å². The van der Waals surface area contributed by atoms with Crippen LogP contribution in [0.5, 0.6) is 0 Å². The Labute approximate surface area is 446 Å². The van der Waals surface area contributed by atoms with Crippen LogP contribution in [0.2, 0.25) is 0 Å². The molecule has 5 nitrogen and oxygen atoms in total. The number of aliphatic hydroxyl groups excluding tert-OH is 2. The SMILES string of the molecule is CCCCC/C=C\C/C=C/CCCCCC[C@@H](O)CN(CCCC(=O)OC1CCC2(C)C(=CCC3C2CCC2(C)C(C(C)CCCC(C)C)CCC32)C1)C[C@@H](O)CCCCCC/C=C/C/C=C\CCCCC. The fourth-order valence-electron chi connectivity index (χ4n) is 14.5. The lowest BCUT2D eigenvalue weighted by atomic mass is 9.47. The van der Waals surface area contributed by atoms with Crippen LogP contribution in [0.25, 0.3) is 0 Å². The minimum Gasteiger partial charge on any atom is -0.462 e. The number of esters is 1. The first kappa shape index (κ1) is 62.6. The van der Waals surface area contributed by atoms with E-state index in [2.05, 4.69) is 108 Å². The van der Waals surface area contributed by atoms with E-state index in [0.29, 0.717) is 37.9 Å². The molecule has 3 fully saturated rings. The van der Waals surface area contributed by atoms with Gasteiger partial charge in [-0.25, -0.2) is 0 Å². The summed E-state index contributed by atoms with van der Waals surface area (Å²) in [6.45, 7) is 18.9. The Bertz CT molecular complexity index is 1520.